The zero-order valence-corrected chi connectivity index (χ0v) is 18.3. The van der Waals surface area contributed by atoms with E-state index in [9.17, 15) is 22.8 Å². The van der Waals surface area contributed by atoms with Gasteiger partial charge in [-0.15, -0.1) is 11.3 Å². The third-order valence-electron chi connectivity index (χ3n) is 4.52. The molecule has 0 spiro atoms. The summed E-state index contributed by atoms with van der Waals surface area (Å²) < 4.78 is 40.6. The quantitative estimate of drug-likeness (QED) is 0.306. The Hall–Kier alpha value is -3.11. The number of benzene rings is 2. The lowest BCUT2D eigenvalue weighted by Gasteiger charge is -2.13. The molecule has 0 unspecified atom stereocenters. The standard InChI is InChI=1S/C22H16F3N3O2S2/c1-13-4-2-7-16(10-13)28-20(30)19-17(8-9-31-19)27-21(28)32-12-18(29)26-15-6-3-5-14(11-15)22(23,24)25/h2-11H,12H2,1H3,(H,26,29). The molecule has 0 aliphatic carbocycles. The highest BCUT2D eigenvalue weighted by Crippen LogP contribution is 2.31. The molecule has 2 heterocycles. The van der Waals surface area contributed by atoms with Crippen LogP contribution in [0, 0.1) is 6.92 Å². The van der Waals surface area contributed by atoms with Crippen LogP contribution in [0.5, 0.6) is 0 Å². The summed E-state index contributed by atoms with van der Waals surface area (Å²) in [6, 6.07) is 13.5. The lowest BCUT2D eigenvalue weighted by Crippen LogP contribution is -2.22. The van der Waals surface area contributed by atoms with Gasteiger partial charge in [-0.3, -0.25) is 14.2 Å². The Morgan fingerprint density at radius 1 is 1.16 bits per heavy atom. The number of hydrogen-bond acceptors (Lipinski definition) is 5. The van der Waals surface area contributed by atoms with Crippen LogP contribution in [0.4, 0.5) is 18.9 Å². The van der Waals surface area contributed by atoms with Crippen LogP contribution in [0.25, 0.3) is 15.9 Å². The van der Waals surface area contributed by atoms with E-state index >= 15 is 0 Å². The topological polar surface area (TPSA) is 64.0 Å². The molecule has 4 aromatic rings. The van der Waals surface area contributed by atoms with Crippen molar-refractivity contribution in [2.24, 2.45) is 0 Å². The average molecular weight is 476 g/mol. The molecular weight excluding hydrogens is 459 g/mol. The molecule has 0 saturated carbocycles. The number of nitrogens with zero attached hydrogens (tertiary/aromatic N) is 2. The SMILES string of the molecule is Cc1cccc(-n2c(SCC(=O)Nc3cccc(C(F)(F)F)c3)nc3ccsc3c2=O)c1. The van der Waals surface area contributed by atoms with Gasteiger partial charge in [0.2, 0.25) is 5.91 Å². The molecule has 164 valence electrons. The first-order valence-corrected chi connectivity index (χ1v) is 11.3. The Balaban J connectivity index is 1.60. The summed E-state index contributed by atoms with van der Waals surface area (Å²) in [5.41, 5.74) is 1.07. The minimum Gasteiger partial charge on any atom is -0.325 e. The molecule has 0 radical (unpaired) electrons. The van der Waals surface area contributed by atoms with Crippen molar-refractivity contribution in [2.75, 3.05) is 11.1 Å². The van der Waals surface area contributed by atoms with Gasteiger partial charge in [-0.05, 0) is 54.3 Å². The van der Waals surface area contributed by atoms with Crippen LogP contribution in [0.1, 0.15) is 11.1 Å². The number of anilines is 1. The van der Waals surface area contributed by atoms with E-state index in [1.807, 2.05) is 25.1 Å². The molecule has 0 fully saturated rings. The van der Waals surface area contributed by atoms with Gasteiger partial charge in [0.25, 0.3) is 5.56 Å². The molecule has 1 N–H and O–H groups in total. The van der Waals surface area contributed by atoms with E-state index in [1.165, 1.54) is 28.0 Å². The van der Waals surface area contributed by atoms with E-state index in [1.54, 1.807) is 17.5 Å². The zero-order chi connectivity index (χ0) is 22.9. The predicted molar refractivity (Wildman–Crippen MR) is 121 cm³/mol. The summed E-state index contributed by atoms with van der Waals surface area (Å²) in [5.74, 6) is -0.644. The number of thioether (sulfide) groups is 1. The maximum absolute atomic E-state index is 13.1. The fraction of sp³-hybridized carbons (Fsp3) is 0.136. The summed E-state index contributed by atoms with van der Waals surface area (Å²) >= 11 is 2.33. The molecule has 5 nitrogen and oxygen atoms in total. The monoisotopic (exact) mass is 475 g/mol. The van der Waals surface area contributed by atoms with Crippen LogP contribution in [0.15, 0.2) is 69.9 Å². The van der Waals surface area contributed by atoms with Gasteiger partial charge >= 0.3 is 6.18 Å². The number of nitrogens with one attached hydrogen (secondary N) is 1. The van der Waals surface area contributed by atoms with Gasteiger partial charge in [0.05, 0.1) is 22.5 Å². The van der Waals surface area contributed by atoms with Crippen LogP contribution >= 0.6 is 23.1 Å². The Morgan fingerprint density at radius 2 is 1.94 bits per heavy atom. The number of alkyl halides is 3. The number of fused-ring (bicyclic) bond motifs is 1. The Kier molecular flexibility index (Phi) is 6.07. The molecule has 32 heavy (non-hydrogen) atoms. The van der Waals surface area contributed by atoms with Gasteiger partial charge < -0.3 is 5.32 Å². The number of amides is 1. The zero-order valence-electron chi connectivity index (χ0n) is 16.6. The van der Waals surface area contributed by atoms with Crippen LogP contribution in [-0.2, 0) is 11.0 Å². The first kappa shape index (κ1) is 22.1. The van der Waals surface area contributed by atoms with Crippen molar-refractivity contribution in [2.45, 2.75) is 18.3 Å². The summed E-state index contributed by atoms with van der Waals surface area (Å²) in [5, 5.41) is 4.56. The fourth-order valence-corrected chi connectivity index (χ4v) is 4.66. The van der Waals surface area contributed by atoms with E-state index in [2.05, 4.69) is 10.3 Å². The van der Waals surface area contributed by atoms with Crippen molar-refractivity contribution in [3.63, 3.8) is 0 Å². The molecule has 10 heteroatoms. The summed E-state index contributed by atoms with van der Waals surface area (Å²) in [6.45, 7) is 1.90. The van der Waals surface area contributed by atoms with E-state index in [0.29, 0.717) is 21.1 Å². The van der Waals surface area contributed by atoms with E-state index in [0.717, 1.165) is 29.5 Å². The molecule has 2 aromatic carbocycles. The van der Waals surface area contributed by atoms with Crippen LogP contribution in [0.2, 0.25) is 0 Å². The number of carbonyl (C=O) groups excluding carboxylic acids is 1. The predicted octanol–water partition coefficient (Wildman–Crippen LogP) is 5.51. The van der Waals surface area contributed by atoms with Crippen molar-refractivity contribution in [1.82, 2.24) is 9.55 Å². The van der Waals surface area contributed by atoms with E-state index < -0.39 is 17.6 Å². The maximum atomic E-state index is 13.1. The first-order chi connectivity index (χ1) is 15.2. The number of halogens is 3. The lowest BCUT2D eigenvalue weighted by molar-refractivity contribution is -0.137. The van der Waals surface area contributed by atoms with Gasteiger partial charge in [0.1, 0.15) is 4.70 Å². The molecule has 0 atom stereocenters. The second-order valence-electron chi connectivity index (χ2n) is 6.92. The summed E-state index contributed by atoms with van der Waals surface area (Å²) in [6.07, 6.45) is -4.50. The van der Waals surface area contributed by atoms with Crippen molar-refractivity contribution >= 4 is 44.9 Å². The minimum atomic E-state index is -4.50. The van der Waals surface area contributed by atoms with Gasteiger partial charge in [-0.1, -0.05) is 30.0 Å². The third-order valence-corrected chi connectivity index (χ3v) is 6.35. The van der Waals surface area contributed by atoms with Gasteiger partial charge in [-0.25, -0.2) is 4.98 Å². The van der Waals surface area contributed by atoms with Crippen molar-refractivity contribution in [3.05, 3.63) is 81.5 Å². The highest BCUT2D eigenvalue weighted by atomic mass is 32.2. The fourth-order valence-electron chi connectivity index (χ4n) is 3.08. The molecule has 1 amide bonds. The highest BCUT2D eigenvalue weighted by Gasteiger charge is 2.30. The summed E-state index contributed by atoms with van der Waals surface area (Å²) in [7, 11) is 0. The lowest BCUT2D eigenvalue weighted by atomic mass is 10.2. The minimum absolute atomic E-state index is 0.0442. The number of aromatic nitrogens is 2. The van der Waals surface area contributed by atoms with Gasteiger partial charge in [0.15, 0.2) is 5.16 Å². The van der Waals surface area contributed by atoms with Crippen molar-refractivity contribution in [1.29, 1.82) is 0 Å². The summed E-state index contributed by atoms with van der Waals surface area (Å²) in [4.78, 5) is 30.1. The van der Waals surface area contributed by atoms with Gasteiger partial charge in [-0.2, -0.15) is 13.2 Å². The number of thiophene rings is 1. The van der Waals surface area contributed by atoms with Crippen molar-refractivity contribution < 1.29 is 18.0 Å². The number of aryl methyl sites for hydroxylation is 1. The van der Waals surface area contributed by atoms with E-state index in [-0.39, 0.29) is 17.0 Å². The third kappa shape index (κ3) is 4.71. The number of carbonyl (C=O) groups is 1. The second-order valence-corrected chi connectivity index (χ2v) is 8.78. The first-order valence-electron chi connectivity index (χ1n) is 9.39. The normalized spacial score (nSPS) is 11.6. The molecule has 0 bridgehead atoms. The molecule has 2 aromatic heterocycles. The molecule has 0 saturated heterocycles. The highest BCUT2D eigenvalue weighted by molar-refractivity contribution is 7.99. The van der Waals surface area contributed by atoms with Crippen LogP contribution in [-0.4, -0.2) is 21.2 Å². The average Bonchev–Trinajstić information content (AvgIpc) is 3.21. The van der Waals surface area contributed by atoms with Gasteiger partial charge in [0, 0.05) is 5.69 Å². The maximum Gasteiger partial charge on any atom is 0.416 e. The molecular formula is C22H16F3N3O2S2. The molecule has 4 rings (SSSR count). The van der Waals surface area contributed by atoms with Crippen LogP contribution in [0.3, 0.4) is 0 Å². The molecule has 0 aliphatic rings. The largest absolute Gasteiger partial charge is 0.416 e. The Morgan fingerprint density at radius 3 is 2.69 bits per heavy atom. The Labute approximate surface area is 188 Å². The van der Waals surface area contributed by atoms with Crippen LogP contribution < -0.4 is 10.9 Å². The smallest absolute Gasteiger partial charge is 0.325 e. The number of hydrogen-bond donors (Lipinski definition) is 1. The van der Waals surface area contributed by atoms with Crippen molar-refractivity contribution in [3.8, 4) is 5.69 Å². The Bertz CT molecular complexity index is 1360. The number of rotatable bonds is 5. The van der Waals surface area contributed by atoms with E-state index in [4.69, 9.17) is 0 Å². The molecule has 0 aliphatic heterocycles. The second kappa shape index (κ2) is 8.79.